The van der Waals surface area contributed by atoms with Crippen LogP contribution in [0.25, 0.3) is 87.6 Å². The molecule has 0 fully saturated rings. The van der Waals surface area contributed by atoms with Crippen molar-refractivity contribution < 1.29 is 0 Å². The van der Waals surface area contributed by atoms with Crippen molar-refractivity contribution >= 4 is 31.5 Å². The zero-order chi connectivity index (χ0) is 43.7. The molecule has 0 spiro atoms. The molecule has 0 saturated carbocycles. The molecule has 0 aliphatic rings. The van der Waals surface area contributed by atoms with Crippen LogP contribution in [0.3, 0.4) is 0 Å². The van der Waals surface area contributed by atoms with Gasteiger partial charge in [-0.3, -0.25) is 4.98 Å². The number of benzene rings is 7. The first kappa shape index (κ1) is 40.1. The van der Waals surface area contributed by atoms with Gasteiger partial charge in [0.25, 0.3) is 0 Å². The van der Waals surface area contributed by atoms with Crippen LogP contribution >= 0.6 is 11.3 Å². The van der Waals surface area contributed by atoms with E-state index < -0.39 is 0 Å². The Morgan fingerprint density at radius 1 is 0.369 bits per heavy atom. The molecule has 314 valence electrons. The zero-order valence-corrected chi connectivity index (χ0v) is 37.3. The van der Waals surface area contributed by atoms with Crippen molar-refractivity contribution in [1.29, 1.82) is 0 Å². The van der Waals surface area contributed by atoms with E-state index in [9.17, 15) is 0 Å². The third-order valence-electron chi connectivity index (χ3n) is 12.7. The van der Waals surface area contributed by atoms with E-state index in [1.165, 1.54) is 75.8 Å². The van der Waals surface area contributed by atoms with Crippen molar-refractivity contribution in [3.8, 4) is 67.4 Å². The minimum absolute atomic E-state index is 0.933. The third kappa shape index (κ3) is 8.21. The van der Waals surface area contributed by atoms with Crippen LogP contribution in [-0.4, -0.2) is 24.1 Å². The molecule has 4 aromatic heterocycles. The van der Waals surface area contributed by atoms with Gasteiger partial charge in [-0.15, -0.1) is 11.3 Å². The lowest BCUT2D eigenvalue weighted by molar-refractivity contribution is 0.920. The van der Waals surface area contributed by atoms with Gasteiger partial charge in [-0.2, -0.15) is 0 Å². The molecular weight excluding hydrogens is 811 g/mol. The Morgan fingerprint density at radius 2 is 0.923 bits per heavy atom. The van der Waals surface area contributed by atoms with Gasteiger partial charge >= 0.3 is 0 Å². The third-order valence-corrected chi connectivity index (χ3v) is 13.9. The molecule has 6 heteroatoms. The summed E-state index contributed by atoms with van der Waals surface area (Å²) in [4.78, 5) is 13.9. The molecule has 0 saturated heterocycles. The summed E-state index contributed by atoms with van der Waals surface area (Å²) < 4.78 is 6.74. The SMILES string of the molecule is Cn1ccnc1-c1ccc(CCc2cc(CCc3ccc(-c4nccn4C)cc3)cc(-c3ccccc3-c3ccc(-c4ccccn4)cc3-c3ccc4c(c3)sc3ccccc34)c2)cc1. The molecule has 0 bridgehead atoms. The van der Waals surface area contributed by atoms with Crippen LogP contribution in [0.5, 0.6) is 0 Å². The molecule has 65 heavy (non-hydrogen) atoms. The number of nitrogens with zero attached hydrogens (tertiary/aromatic N) is 5. The quantitative estimate of drug-likeness (QED) is 0.123. The zero-order valence-electron chi connectivity index (χ0n) is 36.5. The van der Waals surface area contributed by atoms with Crippen molar-refractivity contribution in [3.05, 3.63) is 223 Å². The van der Waals surface area contributed by atoms with E-state index in [4.69, 9.17) is 4.98 Å². The average Bonchev–Trinajstić information content (AvgIpc) is 4.10. The summed E-state index contributed by atoms with van der Waals surface area (Å²) in [5.41, 5.74) is 16.9. The van der Waals surface area contributed by atoms with Crippen molar-refractivity contribution in [2.24, 2.45) is 14.1 Å². The maximum Gasteiger partial charge on any atom is 0.139 e. The van der Waals surface area contributed by atoms with Gasteiger partial charge in [0.05, 0.1) is 5.69 Å². The average molecular weight is 858 g/mol. The number of hydrogen-bond acceptors (Lipinski definition) is 4. The number of aromatic nitrogens is 5. The van der Waals surface area contributed by atoms with Crippen LogP contribution in [0.2, 0.25) is 0 Å². The number of hydrogen-bond donors (Lipinski definition) is 0. The Morgan fingerprint density at radius 3 is 1.55 bits per heavy atom. The summed E-state index contributed by atoms with van der Waals surface area (Å²) in [7, 11) is 4.08. The molecule has 0 aliphatic carbocycles. The predicted octanol–water partition coefficient (Wildman–Crippen LogP) is 14.5. The number of rotatable bonds is 12. The fourth-order valence-electron chi connectivity index (χ4n) is 9.29. The normalized spacial score (nSPS) is 11.5. The molecule has 0 amide bonds. The van der Waals surface area contributed by atoms with Crippen molar-refractivity contribution in [2.75, 3.05) is 0 Å². The topological polar surface area (TPSA) is 48.5 Å². The molecule has 0 N–H and O–H groups in total. The summed E-state index contributed by atoms with van der Waals surface area (Å²) in [6.07, 6.45) is 13.3. The first-order valence-electron chi connectivity index (χ1n) is 22.3. The summed E-state index contributed by atoms with van der Waals surface area (Å²) in [5.74, 6) is 1.96. The van der Waals surface area contributed by atoms with Crippen molar-refractivity contribution in [2.45, 2.75) is 25.7 Å². The molecular formula is C59H47N5S. The standard InChI is InChI=1S/C59H47N5S/c1-63-33-31-61-58(63)44-22-18-40(19-23-44)14-16-42-35-43(17-15-41-20-24-45(25-21-41)59-62-32-34-64(59)2)37-48(36-42)49-9-3-4-10-50(49)51-28-27-47(55-12-7-8-30-60-55)38-54(51)46-26-29-53-52-11-5-6-13-56(52)65-57(53)39-46/h3-13,18-39H,14-17H2,1-2H3. The summed E-state index contributed by atoms with van der Waals surface area (Å²) in [5, 5.41) is 2.61. The van der Waals surface area contributed by atoms with Gasteiger partial charge in [0.2, 0.25) is 0 Å². The molecule has 0 atom stereocenters. The molecule has 11 aromatic rings. The number of pyridine rings is 1. The second-order valence-corrected chi connectivity index (χ2v) is 18.1. The van der Waals surface area contributed by atoms with Gasteiger partial charge in [-0.1, -0.05) is 140 Å². The Hall–Kier alpha value is -7.67. The molecule has 4 heterocycles. The van der Waals surface area contributed by atoms with E-state index in [1.54, 1.807) is 0 Å². The molecule has 0 radical (unpaired) electrons. The molecule has 0 aliphatic heterocycles. The van der Waals surface area contributed by atoms with Crippen LogP contribution in [0.1, 0.15) is 22.3 Å². The molecule has 11 rings (SSSR count). The van der Waals surface area contributed by atoms with Gasteiger partial charge in [-0.25, -0.2) is 9.97 Å². The molecule has 7 aromatic carbocycles. The highest BCUT2D eigenvalue weighted by Crippen LogP contribution is 2.43. The Kier molecular flexibility index (Phi) is 10.8. The van der Waals surface area contributed by atoms with E-state index in [0.29, 0.717) is 0 Å². The van der Waals surface area contributed by atoms with Gasteiger partial charge in [0.15, 0.2) is 0 Å². The van der Waals surface area contributed by atoms with Crippen LogP contribution in [0.4, 0.5) is 0 Å². The first-order valence-corrected chi connectivity index (χ1v) is 23.2. The van der Waals surface area contributed by atoms with E-state index in [1.807, 2.05) is 62.5 Å². The summed E-state index contributed by atoms with van der Waals surface area (Å²) >= 11 is 1.86. The maximum atomic E-state index is 4.76. The van der Waals surface area contributed by atoms with Crippen LogP contribution in [0.15, 0.2) is 201 Å². The van der Waals surface area contributed by atoms with Gasteiger partial charge < -0.3 is 9.13 Å². The molecule has 5 nitrogen and oxygen atoms in total. The number of fused-ring (bicyclic) bond motifs is 3. The fourth-order valence-corrected chi connectivity index (χ4v) is 10.4. The Balaban J connectivity index is 0.977. The monoisotopic (exact) mass is 857 g/mol. The van der Waals surface area contributed by atoms with Crippen LogP contribution in [0, 0.1) is 0 Å². The summed E-state index contributed by atoms with van der Waals surface area (Å²) in [6.45, 7) is 0. The van der Waals surface area contributed by atoms with Crippen molar-refractivity contribution in [1.82, 2.24) is 24.1 Å². The largest absolute Gasteiger partial charge is 0.334 e. The second kappa shape index (κ2) is 17.5. The highest BCUT2D eigenvalue weighted by Gasteiger charge is 2.17. The van der Waals surface area contributed by atoms with E-state index in [-0.39, 0.29) is 0 Å². The highest BCUT2D eigenvalue weighted by molar-refractivity contribution is 7.25. The van der Waals surface area contributed by atoms with E-state index >= 15 is 0 Å². The number of thiophene rings is 1. The van der Waals surface area contributed by atoms with E-state index in [0.717, 1.165) is 59.7 Å². The lowest BCUT2D eigenvalue weighted by Gasteiger charge is -2.18. The fraction of sp³-hybridized carbons (Fsp3) is 0.102. The maximum absolute atomic E-state index is 4.76. The number of imidazole rings is 2. The lowest BCUT2D eigenvalue weighted by atomic mass is 9.86. The highest BCUT2D eigenvalue weighted by atomic mass is 32.1. The number of aryl methyl sites for hydroxylation is 6. The Labute approximate surface area is 384 Å². The van der Waals surface area contributed by atoms with Crippen LogP contribution in [-0.2, 0) is 39.8 Å². The summed E-state index contributed by atoms with van der Waals surface area (Å²) in [6, 6.07) is 62.8. The predicted molar refractivity (Wildman–Crippen MR) is 271 cm³/mol. The van der Waals surface area contributed by atoms with Crippen LogP contribution < -0.4 is 0 Å². The second-order valence-electron chi connectivity index (χ2n) is 17.0. The minimum atomic E-state index is 0.933. The van der Waals surface area contributed by atoms with Gasteiger partial charge in [0, 0.05) is 81.9 Å². The first-order chi connectivity index (χ1) is 32.0. The van der Waals surface area contributed by atoms with Crippen molar-refractivity contribution in [3.63, 3.8) is 0 Å². The Bertz CT molecular complexity index is 3340. The molecule has 0 unspecified atom stereocenters. The lowest BCUT2D eigenvalue weighted by Crippen LogP contribution is -1.98. The van der Waals surface area contributed by atoms with Gasteiger partial charge in [-0.05, 0) is 112 Å². The van der Waals surface area contributed by atoms with Gasteiger partial charge in [0.1, 0.15) is 11.6 Å². The smallest absolute Gasteiger partial charge is 0.139 e. The minimum Gasteiger partial charge on any atom is -0.334 e. The van der Waals surface area contributed by atoms with E-state index in [2.05, 4.69) is 183 Å².